The highest BCUT2D eigenvalue weighted by molar-refractivity contribution is 8.00. The highest BCUT2D eigenvalue weighted by atomic mass is 32.2. The molecule has 2 N–H and O–H groups in total. The van der Waals surface area contributed by atoms with Gasteiger partial charge in [0.2, 0.25) is 10.0 Å². The van der Waals surface area contributed by atoms with Gasteiger partial charge in [-0.3, -0.25) is 0 Å². The number of primary sulfonamides is 1. The maximum Gasteiger partial charge on any atom is 0.410 e. The number of halogens is 1. The first-order valence-corrected chi connectivity index (χ1v) is 10.4. The van der Waals surface area contributed by atoms with Gasteiger partial charge < -0.3 is 9.64 Å². The first-order chi connectivity index (χ1) is 11.5. The van der Waals surface area contributed by atoms with Crippen LogP contribution in [0.3, 0.4) is 0 Å². The summed E-state index contributed by atoms with van der Waals surface area (Å²) in [5.74, 6) is -0.605. The van der Waals surface area contributed by atoms with Crippen molar-refractivity contribution in [2.24, 2.45) is 5.14 Å². The van der Waals surface area contributed by atoms with E-state index in [0.717, 1.165) is 6.07 Å². The number of sulfonamides is 1. The average Bonchev–Trinajstić information content (AvgIpc) is 2.47. The quantitative estimate of drug-likeness (QED) is 0.857. The molecule has 0 saturated carbocycles. The van der Waals surface area contributed by atoms with Gasteiger partial charge in [0.15, 0.2) is 0 Å². The number of hydrogen-bond acceptors (Lipinski definition) is 5. The molecule has 140 valence electrons. The Morgan fingerprint density at radius 3 is 2.40 bits per heavy atom. The predicted molar refractivity (Wildman–Crippen MR) is 94.5 cm³/mol. The number of hydrogen-bond donors (Lipinski definition) is 1. The minimum atomic E-state index is -3.91. The zero-order valence-electron chi connectivity index (χ0n) is 14.5. The van der Waals surface area contributed by atoms with Crippen LogP contribution in [0.15, 0.2) is 28.0 Å². The fourth-order valence-electron chi connectivity index (χ4n) is 2.42. The number of carbonyl (C=O) groups excluding carboxylic acids is 1. The van der Waals surface area contributed by atoms with Crippen LogP contribution >= 0.6 is 11.8 Å². The van der Waals surface area contributed by atoms with Crippen LogP contribution in [0.1, 0.15) is 33.6 Å². The van der Waals surface area contributed by atoms with E-state index in [9.17, 15) is 17.6 Å². The molecule has 0 radical (unpaired) electrons. The minimum absolute atomic E-state index is 0.147. The van der Waals surface area contributed by atoms with Crippen molar-refractivity contribution < 1.29 is 22.3 Å². The van der Waals surface area contributed by atoms with Crippen LogP contribution in [0.5, 0.6) is 0 Å². The Labute approximate surface area is 151 Å². The van der Waals surface area contributed by atoms with Crippen LogP contribution < -0.4 is 5.14 Å². The molecule has 1 saturated heterocycles. The van der Waals surface area contributed by atoms with E-state index < -0.39 is 21.4 Å². The summed E-state index contributed by atoms with van der Waals surface area (Å²) < 4.78 is 41.9. The summed E-state index contributed by atoms with van der Waals surface area (Å²) in [4.78, 5) is 13.8. The lowest BCUT2D eigenvalue weighted by Crippen LogP contribution is -2.42. The molecular weight excluding hydrogens is 367 g/mol. The molecule has 1 heterocycles. The molecular formula is C16H23FN2O4S2. The maximum absolute atomic E-state index is 14.1. The average molecular weight is 391 g/mol. The Bertz CT molecular complexity index is 739. The Hall–Kier alpha value is -1.32. The van der Waals surface area contributed by atoms with Gasteiger partial charge in [0.1, 0.15) is 11.4 Å². The zero-order valence-corrected chi connectivity index (χ0v) is 16.1. The Morgan fingerprint density at radius 1 is 1.32 bits per heavy atom. The summed E-state index contributed by atoms with van der Waals surface area (Å²) in [5.41, 5.74) is -0.531. The molecule has 0 aromatic heterocycles. The van der Waals surface area contributed by atoms with Crippen LogP contribution in [-0.4, -0.2) is 43.4 Å². The van der Waals surface area contributed by atoms with Gasteiger partial charge in [-0.1, -0.05) is 0 Å². The van der Waals surface area contributed by atoms with E-state index in [1.54, 1.807) is 4.90 Å². The van der Waals surface area contributed by atoms with Crippen molar-refractivity contribution in [1.82, 2.24) is 4.90 Å². The first-order valence-electron chi connectivity index (χ1n) is 7.92. The molecule has 0 aliphatic carbocycles. The van der Waals surface area contributed by atoms with Gasteiger partial charge in [0.05, 0.1) is 4.90 Å². The highest BCUT2D eigenvalue weighted by Crippen LogP contribution is 2.33. The zero-order chi connectivity index (χ0) is 18.8. The molecule has 0 bridgehead atoms. The molecule has 0 spiro atoms. The Kier molecular flexibility index (Phi) is 6.01. The summed E-state index contributed by atoms with van der Waals surface area (Å²) in [6, 6.07) is 3.67. The summed E-state index contributed by atoms with van der Waals surface area (Å²) in [6.07, 6.45) is 1.08. The van der Waals surface area contributed by atoms with Crippen molar-refractivity contribution >= 4 is 27.9 Å². The SMILES string of the molecule is CC(C)(C)OC(=O)N1CCC(Sc2ccc(S(N)(=O)=O)cc2F)CC1. The number of rotatable bonds is 3. The number of ether oxygens (including phenoxy) is 1. The number of carbonyl (C=O) groups is 1. The van der Waals surface area contributed by atoms with E-state index in [4.69, 9.17) is 9.88 Å². The van der Waals surface area contributed by atoms with Crippen molar-refractivity contribution in [2.75, 3.05) is 13.1 Å². The lowest BCUT2D eigenvalue weighted by Gasteiger charge is -2.33. The van der Waals surface area contributed by atoms with Crippen molar-refractivity contribution in [1.29, 1.82) is 0 Å². The van der Waals surface area contributed by atoms with Gasteiger partial charge in [-0.2, -0.15) is 0 Å². The van der Waals surface area contributed by atoms with E-state index >= 15 is 0 Å². The molecule has 9 heteroatoms. The molecule has 1 amide bonds. The number of nitrogens with two attached hydrogens (primary N) is 1. The topological polar surface area (TPSA) is 89.7 Å². The number of nitrogens with zero attached hydrogens (tertiary/aromatic N) is 1. The molecule has 1 aromatic rings. The summed E-state index contributed by atoms with van der Waals surface area (Å²) in [7, 11) is -3.91. The van der Waals surface area contributed by atoms with Gasteiger partial charge in [-0.05, 0) is 51.8 Å². The largest absolute Gasteiger partial charge is 0.444 e. The number of thioether (sulfide) groups is 1. The molecule has 6 nitrogen and oxygen atoms in total. The number of piperidine rings is 1. The molecule has 0 atom stereocenters. The Morgan fingerprint density at radius 2 is 1.92 bits per heavy atom. The molecule has 25 heavy (non-hydrogen) atoms. The molecule has 1 aliphatic rings. The Balaban J connectivity index is 1.93. The minimum Gasteiger partial charge on any atom is -0.444 e. The third-order valence-electron chi connectivity index (χ3n) is 3.62. The van der Waals surface area contributed by atoms with Crippen LogP contribution in [0.25, 0.3) is 0 Å². The highest BCUT2D eigenvalue weighted by Gasteiger charge is 2.27. The second-order valence-electron chi connectivity index (χ2n) is 6.92. The second-order valence-corrected chi connectivity index (χ2v) is 9.83. The standard InChI is InChI=1S/C16H23FN2O4S2/c1-16(2,3)23-15(20)19-8-6-11(7-9-19)24-14-5-4-12(10-13(14)17)25(18,21)22/h4-5,10-11H,6-9H2,1-3H3,(H2,18,21,22). The fourth-order valence-corrected chi connectivity index (χ4v) is 4.07. The second kappa shape index (κ2) is 7.51. The molecule has 0 unspecified atom stereocenters. The summed E-state index contributed by atoms with van der Waals surface area (Å²) in [5, 5.41) is 5.14. The van der Waals surface area contributed by atoms with E-state index in [0.29, 0.717) is 30.8 Å². The monoisotopic (exact) mass is 390 g/mol. The van der Waals surface area contributed by atoms with Crippen molar-refractivity contribution in [3.63, 3.8) is 0 Å². The summed E-state index contributed by atoms with van der Waals surface area (Å²) in [6.45, 7) is 6.55. The molecule has 2 rings (SSSR count). The third kappa shape index (κ3) is 5.86. The van der Waals surface area contributed by atoms with E-state index in [1.165, 1.54) is 23.9 Å². The normalized spacial score (nSPS) is 16.8. The van der Waals surface area contributed by atoms with E-state index in [2.05, 4.69) is 0 Å². The smallest absolute Gasteiger partial charge is 0.410 e. The van der Waals surface area contributed by atoms with E-state index in [-0.39, 0.29) is 16.2 Å². The van der Waals surface area contributed by atoms with Crippen molar-refractivity contribution in [3.8, 4) is 0 Å². The molecule has 1 aliphatic heterocycles. The maximum atomic E-state index is 14.1. The number of benzene rings is 1. The van der Waals surface area contributed by atoms with Crippen LogP contribution in [0.2, 0.25) is 0 Å². The van der Waals surface area contributed by atoms with Gasteiger partial charge >= 0.3 is 6.09 Å². The van der Waals surface area contributed by atoms with Crippen LogP contribution in [-0.2, 0) is 14.8 Å². The summed E-state index contributed by atoms with van der Waals surface area (Å²) >= 11 is 1.35. The predicted octanol–water partition coefficient (Wildman–Crippen LogP) is 2.96. The lowest BCUT2D eigenvalue weighted by molar-refractivity contribution is 0.0219. The van der Waals surface area contributed by atoms with Gasteiger partial charge in [-0.25, -0.2) is 22.7 Å². The first kappa shape index (κ1) is 20.0. The third-order valence-corrected chi connectivity index (χ3v) is 5.92. The van der Waals surface area contributed by atoms with Crippen LogP contribution in [0, 0.1) is 5.82 Å². The molecule has 1 fully saturated rings. The van der Waals surface area contributed by atoms with E-state index in [1.807, 2.05) is 20.8 Å². The van der Waals surface area contributed by atoms with Gasteiger partial charge in [0.25, 0.3) is 0 Å². The van der Waals surface area contributed by atoms with Gasteiger partial charge in [-0.15, -0.1) is 11.8 Å². The van der Waals surface area contributed by atoms with Crippen molar-refractivity contribution in [3.05, 3.63) is 24.0 Å². The number of amides is 1. The van der Waals surface area contributed by atoms with Gasteiger partial charge in [0, 0.05) is 23.2 Å². The lowest BCUT2D eigenvalue weighted by atomic mass is 10.1. The number of likely N-dealkylation sites (tertiary alicyclic amines) is 1. The molecule has 1 aromatic carbocycles. The van der Waals surface area contributed by atoms with Crippen LogP contribution in [0.4, 0.5) is 9.18 Å². The van der Waals surface area contributed by atoms with Crippen molar-refractivity contribution in [2.45, 2.75) is 54.3 Å². The fraction of sp³-hybridized carbons (Fsp3) is 0.562.